The summed E-state index contributed by atoms with van der Waals surface area (Å²) >= 11 is 0. The molecule has 0 aliphatic carbocycles. The molecule has 0 aromatic rings. The Kier molecular flexibility index (Phi) is 7.15. The van der Waals surface area contributed by atoms with Gasteiger partial charge in [-0.05, 0) is 45.2 Å². The minimum absolute atomic E-state index is 0.228. The Balaban J connectivity index is 2.53. The molecule has 1 atom stereocenters. The van der Waals surface area contributed by atoms with Crippen LogP contribution >= 0.6 is 0 Å². The zero-order valence-corrected chi connectivity index (χ0v) is 12.2. The van der Waals surface area contributed by atoms with E-state index in [0.717, 1.165) is 45.7 Å². The molecule has 0 bridgehead atoms. The summed E-state index contributed by atoms with van der Waals surface area (Å²) in [6.07, 6.45) is 3.41. The van der Waals surface area contributed by atoms with Gasteiger partial charge in [0.05, 0.1) is 6.61 Å². The van der Waals surface area contributed by atoms with Crippen LogP contribution < -0.4 is 5.32 Å². The Labute approximate surface area is 112 Å². The Morgan fingerprint density at radius 1 is 1.39 bits per heavy atom. The van der Waals surface area contributed by atoms with Gasteiger partial charge in [-0.1, -0.05) is 6.92 Å². The maximum absolute atomic E-state index is 9.25. The highest BCUT2D eigenvalue weighted by atomic mass is 16.5. The van der Waals surface area contributed by atoms with Gasteiger partial charge in [0, 0.05) is 32.3 Å². The van der Waals surface area contributed by atoms with Crippen molar-refractivity contribution >= 4 is 0 Å². The number of rotatable bonds is 8. The summed E-state index contributed by atoms with van der Waals surface area (Å²) in [5.41, 5.74) is 0.311. The second-order valence-corrected chi connectivity index (χ2v) is 5.74. The van der Waals surface area contributed by atoms with Gasteiger partial charge in [-0.15, -0.1) is 0 Å². The fraction of sp³-hybridized carbons (Fsp3) is 1.00. The molecule has 1 unspecified atom stereocenters. The summed E-state index contributed by atoms with van der Waals surface area (Å²) in [6.45, 7) is 9.43. The lowest BCUT2D eigenvalue weighted by atomic mass is 9.79. The van der Waals surface area contributed by atoms with Crippen LogP contribution in [0.15, 0.2) is 0 Å². The molecule has 18 heavy (non-hydrogen) atoms. The summed E-state index contributed by atoms with van der Waals surface area (Å²) in [4.78, 5) is 2.28. The topological polar surface area (TPSA) is 44.7 Å². The minimum atomic E-state index is 0.228. The molecule has 1 aliphatic rings. The van der Waals surface area contributed by atoms with Gasteiger partial charge < -0.3 is 20.1 Å². The number of aliphatic hydroxyl groups is 1. The van der Waals surface area contributed by atoms with E-state index in [0.29, 0.717) is 5.41 Å². The van der Waals surface area contributed by atoms with Crippen LogP contribution in [-0.2, 0) is 4.74 Å². The fourth-order valence-corrected chi connectivity index (χ4v) is 2.55. The van der Waals surface area contributed by atoms with Crippen molar-refractivity contribution in [2.45, 2.75) is 39.2 Å². The maximum atomic E-state index is 9.25. The first-order chi connectivity index (χ1) is 8.63. The van der Waals surface area contributed by atoms with Crippen molar-refractivity contribution in [3.8, 4) is 0 Å². The molecule has 1 aliphatic heterocycles. The van der Waals surface area contributed by atoms with Crippen molar-refractivity contribution in [1.29, 1.82) is 0 Å². The van der Waals surface area contributed by atoms with Crippen LogP contribution in [0.2, 0.25) is 0 Å². The fourth-order valence-electron chi connectivity index (χ4n) is 2.55. The SMILES string of the molecule is CCCNCC1(CN(C)C(C)CO)CCOCC1. The Bertz CT molecular complexity index is 218. The molecule has 0 aromatic carbocycles. The van der Waals surface area contributed by atoms with Crippen LogP contribution in [0.3, 0.4) is 0 Å². The molecule has 1 rings (SSSR count). The van der Waals surface area contributed by atoms with Crippen molar-refractivity contribution in [2.24, 2.45) is 5.41 Å². The van der Waals surface area contributed by atoms with Gasteiger partial charge in [-0.3, -0.25) is 0 Å². The first-order valence-electron chi connectivity index (χ1n) is 7.23. The Morgan fingerprint density at radius 2 is 2.06 bits per heavy atom. The molecule has 0 spiro atoms. The third-order valence-corrected chi connectivity index (χ3v) is 4.08. The molecule has 4 heteroatoms. The van der Waals surface area contributed by atoms with Crippen molar-refractivity contribution < 1.29 is 9.84 Å². The van der Waals surface area contributed by atoms with Crippen LogP contribution in [0.4, 0.5) is 0 Å². The number of hydrogen-bond donors (Lipinski definition) is 2. The van der Waals surface area contributed by atoms with Crippen molar-refractivity contribution in [3.05, 3.63) is 0 Å². The van der Waals surface area contributed by atoms with E-state index >= 15 is 0 Å². The molecule has 0 amide bonds. The number of likely N-dealkylation sites (N-methyl/N-ethyl adjacent to an activating group) is 1. The van der Waals surface area contributed by atoms with Gasteiger partial charge >= 0.3 is 0 Å². The minimum Gasteiger partial charge on any atom is -0.395 e. The molecule has 0 radical (unpaired) electrons. The Morgan fingerprint density at radius 3 is 2.61 bits per heavy atom. The van der Waals surface area contributed by atoms with Gasteiger partial charge in [0.1, 0.15) is 0 Å². The molecule has 1 fully saturated rings. The highest BCUT2D eigenvalue weighted by Gasteiger charge is 2.34. The van der Waals surface area contributed by atoms with Gasteiger partial charge in [-0.2, -0.15) is 0 Å². The number of aliphatic hydroxyl groups excluding tert-OH is 1. The van der Waals surface area contributed by atoms with Crippen molar-refractivity contribution in [2.75, 3.05) is 46.5 Å². The number of ether oxygens (including phenoxy) is 1. The zero-order valence-electron chi connectivity index (χ0n) is 12.2. The molecule has 0 saturated carbocycles. The smallest absolute Gasteiger partial charge is 0.0584 e. The average molecular weight is 258 g/mol. The van der Waals surface area contributed by atoms with Gasteiger partial charge in [0.25, 0.3) is 0 Å². The molecular formula is C14H30N2O2. The van der Waals surface area contributed by atoms with E-state index in [1.54, 1.807) is 0 Å². The standard InChI is InChI=1S/C14H30N2O2/c1-4-7-15-11-14(5-8-18-9-6-14)12-16(3)13(2)10-17/h13,15,17H,4-12H2,1-3H3. The van der Waals surface area contributed by atoms with E-state index in [4.69, 9.17) is 4.74 Å². The van der Waals surface area contributed by atoms with Crippen LogP contribution in [-0.4, -0.2) is 62.6 Å². The predicted octanol–water partition coefficient (Wildman–Crippen LogP) is 1.10. The molecule has 108 valence electrons. The Hall–Kier alpha value is -0.160. The van der Waals surface area contributed by atoms with Gasteiger partial charge in [0.15, 0.2) is 0 Å². The lowest BCUT2D eigenvalue weighted by Crippen LogP contribution is -2.49. The summed E-state index contributed by atoms with van der Waals surface area (Å²) < 4.78 is 5.50. The van der Waals surface area contributed by atoms with Crippen molar-refractivity contribution in [1.82, 2.24) is 10.2 Å². The van der Waals surface area contributed by atoms with Gasteiger partial charge in [0.2, 0.25) is 0 Å². The molecule has 1 saturated heterocycles. The largest absolute Gasteiger partial charge is 0.395 e. The van der Waals surface area contributed by atoms with E-state index in [1.165, 1.54) is 6.42 Å². The molecule has 1 heterocycles. The lowest BCUT2D eigenvalue weighted by molar-refractivity contribution is -0.00918. The lowest BCUT2D eigenvalue weighted by Gasteiger charge is -2.41. The van der Waals surface area contributed by atoms with Crippen LogP contribution in [0.25, 0.3) is 0 Å². The third-order valence-electron chi connectivity index (χ3n) is 4.08. The van der Waals surface area contributed by atoms with Crippen LogP contribution in [0, 0.1) is 5.41 Å². The highest BCUT2D eigenvalue weighted by molar-refractivity contribution is 4.87. The summed E-state index contributed by atoms with van der Waals surface area (Å²) in [5, 5.41) is 12.8. The monoisotopic (exact) mass is 258 g/mol. The normalized spacial score (nSPS) is 21.2. The predicted molar refractivity (Wildman–Crippen MR) is 74.8 cm³/mol. The van der Waals surface area contributed by atoms with Crippen molar-refractivity contribution in [3.63, 3.8) is 0 Å². The average Bonchev–Trinajstić information content (AvgIpc) is 2.39. The van der Waals surface area contributed by atoms with E-state index < -0.39 is 0 Å². The van der Waals surface area contributed by atoms with Gasteiger partial charge in [-0.25, -0.2) is 0 Å². The second kappa shape index (κ2) is 8.10. The number of hydrogen-bond acceptors (Lipinski definition) is 4. The molecular weight excluding hydrogens is 228 g/mol. The molecule has 2 N–H and O–H groups in total. The summed E-state index contributed by atoms with van der Waals surface area (Å²) in [5.74, 6) is 0. The molecule has 0 aromatic heterocycles. The number of nitrogens with one attached hydrogen (secondary N) is 1. The quantitative estimate of drug-likeness (QED) is 0.640. The van der Waals surface area contributed by atoms with Crippen LogP contribution in [0.5, 0.6) is 0 Å². The van der Waals surface area contributed by atoms with E-state index in [1.807, 2.05) is 0 Å². The summed E-state index contributed by atoms with van der Waals surface area (Å²) in [6, 6.07) is 0.232. The molecule has 4 nitrogen and oxygen atoms in total. The van der Waals surface area contributed by atoms with E-state index in [-0.39, 0.29) is 12.6 Å². The van der Waals surface area contributed by atoms with E-state index in [2.05, 4.69) is 31.1 Å². The van der Waals surface area contributed by atoms with Crippen LogP contribution in [0.1, 0.15) is 33.1 Å². The third kappa shape index (κ3) is 4.84. The second-order valence-electron chi connectivity index (χ2n) is 5.74. The highest BCUT2D eigenvalue weighted by Crippen LogP contribution is 2.31. The van der Waals surface area contributed by atoms with E-state index in [9.17, 15) is 5.11 Å². The zero-order chi connectivity index (χ0) is 13.4. The first-order valence-corrected chi connectivity index (χ1v) is 7.23. The summed E-state index contributed by atoms with van der Waals surface area (Å²) in [7, 11) is 2.11. The maximum Gasteiger partial charge on any atom is 0.0584 e. The first kappa shape index (κ1) is 15.9. The number of nitrogens with zero attached hydrogens (tertiary/aromatic N) is 1.